The molecular formula is C18H15N3O. The van der Waals surface area contributed by atoms with Crippen molar-refractivity contribution < 1.29 is 0 Å². The normalized spacial score (nSPS) is 11.4. The molecule has 0 aliphatic heterocycles. The third kappa shape index (κ3) is 1.77. The summed E-state index contributed by atoms with van der Waals surface area (Å²) in [5.41, 5.74) is 4.72. The first-order chi connectivity index (χ1) is 10.6. The number of para-hydroxylation sites is 1. The number of nitrogens with zero attached hydrogens (tertiary/aromatic N) is 2. The summed E-state index contributed by atoms with van der Waals surface area (Å²) in [5.74, 6) is 0. The first kappa shape index (κ1) is 12.8. The molecule has 4 heteroatoms. The van der Waals surface area contributed by atoms with Crippen molar-refractivity contribution in [1.82, 2.24) is 14.8 Å². The number of hydrogen-bond acceptors (Lipinski definition) is 2. The van der Waals surface area contributed by atoms with Gasteiger partial charge in [-0.3, -0.25) is 14.9 Å². The fraction of sp³-hybridized carbons (Fsp3) is 0.111. The molecule has 2 aromatic heterocycles. The lowest BCUT2D eigenvalue weighted by Crippen LogP contribution is -2.15. The average Bonchev–Trinajstić information content (AvgIpc) is 2.85. The second-order valence-electron chi connectivity index (χ2n) is 5.61. The fourth-order valence-corrected chi connectivity index (χ4v) is 2.85. The van der Waals surface area contributed by atoms with Crippen LogP contribution in [0.15, 0.2) is 53.5 Å². The van der Waals surface area contributed by atoms with Gasteiger partial charge in [0.1, 0.15) is 0 Å². The molecule has 2 aromatic carbocycles. The Bertz CT molecular complexity index is 1070. The monoisotopic (exact) mass is 289 g/mol. The van der Waals surface area contributed by atoms with Gasteiger partial charge in [-0.1, -0.05) is 30.3 Å². The van der Waals surface area contributed by atoms with Gasteiger partial charge in [-0.05, 0) is 37.1 Å². The molecule has 0 atom stereocenters. The number of aryl methyl sites for hydroxylation is 2. The third-order valence-corrected chi connectivity index (χ3v) is 4.04. The maximum absolute atomic E-state index is 12.7. The largest absolute Gasteiger partial charge is 0.290 e. The summed E-state index contributed by atoms with van der Waals surface area (Å²) >= 11 is 0. The fourth-order valence-electron chi connectivity index (χ4n) is 2.85. The molecule has 4 rings (SSSR count). The Labute approximate surface area is 127 Å². The van der Waals surface area contributed by atoms with Gasteiger partial charge in [0.2, 0.25) is 0 Å². The zero-order chi connectivity index (χ0) is 15.3. The molecule has 0 aliphatic rings. The van der Waals surface area contributed by atoms with Crippen LogP contribution in [0.2, 0.25) is 0 Å². The van der Waals surface area contributed by atoms with Crippen LogP contribution in [0.5, 0.6) is 0 Å². The Kier molecular flexibility index (Phi) is 2.66. The van der Waals surface area contributed by atoms with Crippen molar-refractivity contribution in [2.75, 3.05) is 0 Å². The van der Waals surface area contributed by atoms with Crippen LogP contribution in [0.4, 0.5) is 0 Å². The Morgan fingerprint density at radius 3 is 2.68 bits per heavy atom. The maximum Gasteiger partial charge on any atom is 0.280 e. The number of aromatic amines is 1. The van der Waals surface area contributed by atoms with Gasteiger partial charge in [0.05, 0.1) is 22.1 Å². The van der Waals surface area contributed by atoms with Crippen LogP contribution >= 0.6 is 0 Å². The van der Waals surface area contributed by atoms with Gasteiger partial charge in [0.25, 0.3) is 5.56 Å². The molecule has 4 nitrogen and oxygen atoms in total. The summed E-state index contributed by atoms with van der Waals surface area (Å²) in [6.45, 7) is 4.03. The van der Waals surface area contributed by atoms with Crippen molar-refractivity contribution in [2.24, 2.45) is 0 Å². The van der Waals surface area contributed by atoms with Crippen molar-refractivity contribution in [3.05, 3.63) is 70.1 Å². The Balaban J connectivity index is 2.11. The number of pyridine rings is 1. The molecule has 1 N–H and O–H groups in total. The molecule has 0 amide bonds. The van der Waals surface area contributed by atoms with E-state index in [4.69, 9.17) is 0 Å². The number of rotatable bonds is 1. The van der Waals surface area contributed by atoms with E-state index in [0.717, 1.165) is 33.2 Å². The molecule has 0 spiro atoms. The lowest BCUT2D eigenvalue weighted by Gasteiger charge is -2.04. The highest BCUT2D eigenvalue weighted by Crippen LogP contribution is 2.22. The second kappa shape index (κ2) is 4.56. The Morgan fingerprint density at radius 1 is 1.05 bits per heavy atom. The van der Waals surface area contributed by atoms with Gasteiger partial charge < -0.3 is 0 Å². The van der Waals surface area contributed by atoms with E-state index in [0.29, 0.717) is 5.39 Å². The van der Waals surface area contributed by atoms with Gasteiger partial charge in [0.15, 0.2) is 0 Å². The van der Waals surface area contributed by atoms with Crippen LogP contribution in [-0.2, 0) is 0 Å². The van der Waals surface area contributed by atoms with Crippen LogP contribution in [-0.4, -0.2) is 14.8 Å². The summed E-state index contributed by atoms with van der Waals surface area (Å²) in [6.07, 6.45) is 1.66. The number of fused-ring (bicyclic) bond motifs is 3. The molecule has 0 saturated heterocycles. The minimum Gasteiger partial charge on any atom is -0.290 e. The number of H-pyrrole nitrogens is 1. The number of nitrogens with one attached hydrogen (secondary N) is 1. The molecule has 0 radical (unpaired) electrons. The maximum atomic E-state index is 12.7. The molecule has 108 valence electrons. The van der Waals surface area contributed by atoms with E-state index in [1.54, 1.807) is 10.9 Å². The number of hydrogen-bond donors (Lipinski definition) is 1. The highest BCUT2D eigenvalue weighted by molar-refractivity contribution is 6.02. The molecule has 2 heterocycles. The van der Waals surface area contributed by atoms with Crippen LogP contribution in [0.1, 0.15) is 11.1 Å². The number of benzene rings is 2. The predicted octanol–water partition coefficient (Wildman–Crippen LogP) is 3.48. The highest BCUT2D eigenvalue weighted by atomic mass is 16.1. The summed E-state index contributed by atoms with van der Waals surface area (Å²) < 4.78 is 1.60. The zero-order valence-electron chi connectivity index (χ0n) is 12.4. The van der Waals surface area contributed by atoms with E-state index < -0.39 is 0 Å². The van der Waals surface area contributed by atoms with Crippen molar-refractivity contribution >= 4 is 21.8 Å². The van der Waals surface area contributed by atoms with Crippen LogP contribution in [0.3, 0.4) is 0 Å². The van der Waals surface area contributed by atoms with Gasteiger partial charge in [-0.2, -0.15) is 0 Å². The first-order valence-electron chi connectivity index (χ1n) is 7.21. The topological polar surface area (TPSA) is 50.7 Å². The van der Waals surface area contributed by atoms with E-state index >= 15 is 0 Å². The molecule has 0 bridgehead atoms. The predicted molar refractivity (Wildman–Crippen MR) is 88.7 cm³/mol. The van der Waals surface area contributed by atoms with E-state index in [-0.39, 0.29) is 5.56 Å². The zero-order valence-corrected chi connectivity index (χ0v) is 12.4. The molecule has 0 unspecified atom stereocenters. The lowest BCUT2D eigenvalue weighted by molar-refractivity contribution is 0.857. The summed E-state index contributed by atoms with van der Waals surface area (Å²) in [4.78, 5) is 17.1. The van der Waals surface area contributed by atoms with Crippen molar-refractivity contribution in [3.8, 4) is 5.69 Å². The highest BCUT2D eigenvalue weighted by Gasteiger charge is 2.12. The van der Waals surface area contributed by atoms with Crippen molar-refractivity contribution in [3.63, 3.8) is 0 Å². The van der Waals surface area contributed by atoms with Gasteiger partial charge in [-0.25, -0.2) is 4.68 Å². The molecule has 0 saturated carbocycles. The molecule has 4 aromatic rings. The first-order valence-corrected chi connectivity index (χ1v) is 7.21. The molecular weight excluding hydrogens is 274 g/mol. The Morgan fingerprint density at radius 2 is 1.86 bits per heavy atom. The van der Waals surface area contributed by atoms with Crippen LogP contribution in [0, 0.1) is 13.8 Å². The number of aromatic nitrogens is 3. The molecule has 0 fully saturated rings. The smallest absolute Gasteiger partial charge is 0.280 e. The van der Waals surface area contributed by atoms with Crippen molar-refractivity contribution in [2.45, 2.75) is 13.8 Å². The minimum absolute atomic E-state index is 0.0701. The van der Waals surface area contributed by atoms with Gasteiger partial charge >= 0.3 is 0 Å². The van der Waals surface area contributed by atoms with E-state index in [1.807, 2.05) is 56.3 Å². The SMILES string of the molecule is Cc1ccc2c(c1)ncc1c(=O)n(-c3ccccc3C)[nH]c12. The van der Waals surface area contributed by atoms with E-state index in [1.165, 1.54) is 0 Å². The van der Waals surface area contributed by atoms with Gasteiger partial charge in [0, 0.05) is 11.6 Å². The van der Waals surface area contributed by atoms with E-state index in [9.17, 15) is 4.79 Å². The molecule has 0 aliphatic carbocycles. The Hall–Kier alpha value is -2.88. The standard InChI is InChI=1S/C18H15N3O/c1-11-7-8-13-15(9-11)19-10-14-17(13)20-21(18(14)22)16-6-4-3-5-12(16)2/h3-10,20H,1-2H3. The van der Waals surface area contributed by atoms with E-state index in [2.05, 4.69) is 10.1 Å². The lowest BCUT2D eigenvalue weighted by atomic mass is 10.1. The third-order valence-electron chi connectivity index (χ3n) is 4.04. The quantitative estimate of drug-likeness (QED) is 0.583. The van der Waals surface area contributed by atoms with Gasteiger partial charge in [-0.15, -0.1) is 0 Å². The van der Waals surface area contributed by atoms with Crippen molar-refractivity contribution in [1.29, 1.82) is 0 Å². The summed E-state index contributed by atoms with van der Waals surface area (Å²) in [6, 6.07) is 13.9. The summed E-state index contributed by atoms with van der Waals surface area (Å²) in [7, 11) is 0. The molecule has 22 heavy (non-hydrogen) atoms. The van der Waals surface area contributed by atoms with Crippen LogP contribution in [0.25, 0.3) is 27.5 Å². The average molecular weight is 289 g/mol. The minimum atomic E-state index is -0.0701. The van der Waals surface area contributed by atoms with Crippen LogP contribution < -0.4 is 5.56 Å². The summed E-state index contributed by atoms with van der Waals surface area (Å²) in [5, 5.41) is 4.82. The second-order valence-corrected chi connectivity index (χ2v) is 5.61.